The first-order valence-electron chi connectivity index (χ1n) is 8.59. The Morgan fingerprint density at radius 1 is 1.29 bits per heavy atom. The van der Waals surface area contributed by atoms with Crippen LogP contribution in [0.3, 0.4) is 0 Å². The Bertz CT molecular complexity index is 576. The molecule has 1 aromatic carbocycles. The van der Waals surface area contributed by atoms with Gasteiger partial charge in [0, 0.05) is 32.8 Å². The minimum absolute atomic E-state index is 0.00863. The molecule has 0 aliphatic carbocycles. The quantitative estimate of drug-likeness (QED) is 0.809. The zero-order valence-electron chi connectivity index (χ0n) is 13.9. The number of hydrogen-bond acceptors (Lipinski definition) is 5. The maximum Gasteiger partial charge on any atom is 0.0826 e. The molecule has 0 unspecified atom stereocenters. The van der Waals surface area contributed by atoms with Gasteiger partial charge in [0.25, 0.3) is 0 Å². The molecule has 2 N–H and O–H groups in total. The lowest BCUT2D eigenvalue weighted by molar-refractivity contribution is 0.0497. The van der Waals surface area contributed by atoms with Crippen LogP contribution in [0.15, 0.2) is 47.2 Å². The van der Waals surface area contributed by atoms with Crippen LogP contribution in [-0.2, 0) is 11.3 Å². The van der Waals surface area contributed by atoms with Crippen molar-refractivity contribution in [1.82, 2.24) is 10.2 Å². The molecule has 4 nitrogen and oxygen atoms in total. The SMILES string of the molecule is OC[C@H](NC[C@@H]1CN(Cc2ccccc2)CCCO1)c1ccsc1. The summed E-state index contributed by atoms with van der Waals surface area (Å²) in [6, 6.07) is 12.7. The summed E-state index contributed by atoms with van der Waals surface area (Å²) in [6.07, 6.45) is 1.22. The van der Waals surface area contributed by atoms with Gasteiger partial charge in [0.1, 0.15) is 0 Å². The van der Waals surface area contributed by atoms with Gasteiger partial charge in [0.05, 0.1) is 18.8 Å². The van der Waals surface area contributed by atoms with E-state index < -0.39 is 0 Å². The van der Waals surface area contributed by atoms with Crippen molar-refractivity contribution in [2.24, 2.45) is 0 Å². The molecule has 1 saturated heterocycles. The summed E-state index contributed by atoms with van der Waals surface area (Å²) in [5.74, 6) is 0. The standard InChI is InChI=1S/C19H26N2O2S/c22-14-19(17-7-10-24-15-17)20-11-18-13-21(8-4-9-23-18)12-16-5-2-1-3-6-16/h1-3,5-7,10,15,18-20,22H,4,8-9,11-14H2/t18-,19+/m1/s1. The lowest BCUT2D eigenvalue weighted by Gasteiger charge is -2.25. The van der Waals surface area contributed by atoms with E-state index in [0.717, 1.165) is 44.8 Å². The van der Waals surface area contributed by atoms with Gasteiger partial charge in [-0.1, -0.05) is 30.3 Å². The van der Waals surface area contributed by atoms with Gasteiger partial charge in [0.15, 0.2) is 0 Å². The molecule has 5 heteroatoms. The van der Waals surface area contributed by atoms with Gasteiger partial charge in [-0.15, -0.1) is 0 Å². The molecule has 2 atom stereocenters. The van der Waals surface area contributed by atoms with Crippen molar-refractivity contribution < 1.29 is 9.84 Å². The topological polar surface area (TPSA) is 44.7 Å². The first kappa shape index (κ1) is 17.6. The van der Waals surface area contributed by atoms with E-state index in [1.807, 2.05) is 5.38 Å². The van der Waals surface area contributed by atoms with Crippen molar-refractivity contribution in [3.8, 4) is 0 Å². The lowest BCUT2D eigenvalue weighted by Crippen LogP contribution is -2.39. The van der Waals surface area contributed by atoms with Crippen molar-refractivity contribution >= 4 is 11.3 Å². The average Bonchev–Trinajstić information content (AvgIpc) is 3.05. The molecule has 2 heterocycles. The number of ether oxygens (including phenoxy) is 1. The minimum Gasteiger partial charge on any atom is -0.394 e. The molecule has 0 bridgehead atoms. The number of nitrogens with one attached hydrogen (secondary N) is 1. The van der Waals surface area contributed by atoms with Gasteiger partial charge in [-0.3, -0.25) is 4.90 Å². The van der Waals surface area contributed by atoms with Crippen molar-refractivity contribution in [1.29, 1.82) is 0 Å². The summed E-state index contributed by atoms with van der Waals surface area (Å²) in [7, 11) is 0. The molecule has 0 amide bonds. The Hall–Kier alpha value is -1.24. The lowest BCUT2D eigenvalue weighted by atomic mass is 10.1. The van der Waals surface area contributed by atoms with Crippen LogP contribution in [0.25, 0.3) is 0 Å². The summed E-state index contributed by atoms with van der Waals surface area (Å²) in [5.41, 5.74) is 2.50. The van der Waals surface area contributed by atoms with Gasteiger partial charge >= 0.3 is 0 Å². The summed E-state index contributed by atoms with van der Waals surface area (Å²) >= 11 is 1.66. The molecule has 0 spiro atoms. The van der Waals surface area contributed by atoms with Crippen molar-refractivity contribution in [2.45, 2.75) is 25.1 Å². The Morgan fingerprint density at radius 3 is 2.92 bits per heavy atom. The van der Waals surface area contributed by atoms with Crippen LogP contribution in [0.1, 0.15) is 23.6 Å². The molecular weight excluding hydrogens is 320 g/mol. The number of rotatable bonds is 7. The molecular formula is C19H26N2O2S. The highest BCUT2D eigenvalue weighted by Crippen LogP contribution is 2.16. The predicted octanol–water partition coefficient (Wildman–Crippen LogP) is 2.66. The van der Waals surface area contributed by atoms with E-state index >= 15 is 0 Å². The normalized spacial score (nSPS) is 20.6. The maximum atomic E-state index is 9.62. The van der Waals surface area contributed by atoms with E-state index in [1.165, 1.54) is 5.56 Å². The third kappa shape index (κ3) is 5.13. The van der Waals surface area contributed by atoms with E-state index in [2.05, 4.69) is 52.0 Å². The third-order valence-electron chi connectivity index (χ3n) is 4.40. The van der Waals surface area contributed by atoms with E-state index in [1.54, 1.807) is 11.3 Å². The molecule has 1 fully saturated rings. The molecule has 0 saturated carbocycles. The second-order valence-corrected chi connectivity index (χ2v) is 7.05. The fourth-order valence-electron chi connectivity index (χ4n) is 3.11. The second kappa shape index (κ2) is 9.30. The number of benzene rings is 1. The van der Waals surface area contributed by atoms with Crippen LogP contribution in [-0.4, -0.2) is 49.0 Å². The minimum atomic E-state index is -0.00863. The third-order valence-corrected chi connectivity index (χ3v) is 5.10. The molecule has 3 rings (SSSR count). The van der Waals surface area contributed by atoms with Gasteiger partial charge in [0.2, 0.25) is 0 Å². The smallest absolute Gasteiger partial charge is 0.0826 e. The number of nitrogens with zero attached hydrogens (tertiary/aromatic N) is 1. The maximum absolute atomic E-state index is 9.62. The van der Waals surface area contributed by atoms with Crippen molar-refractivity contribution in [3.05, 3.63) is 58.3 Å². The second-order valence-electron chi connectivity index (χ2n) is 6.27. The number of hydrogen-bond donors (Lipinski definition) is 2. The van der Waals surface area contributed by atoms with Crippen molar-refractivity contribution in [3.63, 3.8) is 0 Å². The first-order valence-corrected chi connectivity index (χ1v) is 9.53. The van der Waals surface area contributed by atoms with Gasteiger partial charge in [-0.05, 0) is 34.4 Å². The Kier molecular flexibility index (Phi) is 6.81. The van der Waals surface area contributed by atoms with E-state index in [4.69, 9.17) is 4.74 Å². The monoisotopic (exact) mass is 346 g/mol. The van der Waals surface area contributed by atoms with Gasteiger partial charge in [-0.2, -0.15) is 11.3 Å². The number of aliphatic hydroxyl groups excluding tert-OH is 1. The van der Waals surface area contributed by atoms with Crippen LogP contribution in [0, 0.1) is 0 Å². The van der Waals surface area contributed by atoms with Gasteiger partial charge < -0.3 is 15.2 Å². The molecule has 1 aliphatic heterocycles. The Morgan fingerprint density at radius 2 is 2.17 bits per heavy atom. The molecule has 130 valence electrons. The average molecular weight is 346 g/mol. The fourth-order valence-corrected chi connectivity index (χ4v) is 3.83. The van der Waals surface area contributed by atoms with Crippen LogP contribution in [0.2, 0.25) is 0 Å². The number of aliphatic hydroxyl groups is 1. The molecule has 1 aliphatic rings. The Balaban J connectivity index is 1.53. The van der Waals surface area contributed by atoms with Crippen molar-refractivity contribution in [2.75, 3.05) is 32.8 Å². The zero-order chi connectivity index (χ0) is 16.6. The summed E-state index contributed by atoms with van der Waals surface area (Å²) in [5, 5.41) is 17.2. The highest BCUT2D eigenvalue weighted by atomic mass is 32.1. The van der Waals surface area contributed by atoms with Crippen LogP contribution in [0.5, 0.6) is 0 Å². The van der Waals surface area contributed by atoms with Crippen LogP contribution >= 0.6 is 11.3 Å². The van der Waals surface area contributed by atoms with Gasteiger partial charge in [-0.25, -0.2) is 0 Å². The van der Waals surface area contributed by atoms with Crippen LogP contribution in [0.4, 0.5) is 0 Å². The first-order chi connectivity index (χ1) is 11.8. The largest absolute Gasteiger partial charge is 0.394 e. The fraction of sp³-hybridized carbons (Fsp3) is 0.474. The molecule has 1 aromatic heterocycles. The van der Waals surface area contributed by atoms with E-state index in [-0.39, 0.29) is 18.8 Å². The summed E-state index contributed by atoms with van der Waals surface area (Å²) in [4.78, 5) is 2.47. The summed E-state index contributed by atoms with van der Waals surface area (Å²) in [6.45, 7) is 4.63. The zero-order valence-corrected chi connectivity index (χ0v) is 14.8. The summed E-state index contributed by atoms with van der Waals surface area (Å²) < 4.78 is 6.00. The highest BCUT2D eigenvalue weighted by molar-refractivity contribution is 7.07. The molecule has 24 heavy (non-hydrogen) atoms. The number of thiophene rings is 1. The Labute approximate surface area is 148 Å². The van der Waals surface area contributed by atoms with E-state index in [0.29, 0.717) is 0 Å². The highest BCUT2D eigenvalue weighted by Gasteiger charge is 2.20. The van der Waals surface area contributed by atoms with Crippen LogP contribution < -0.4 is 5.32 Å². The molecule has 2 aromatic rings. The van der Waals surface area contributed by atoms with E-state index in [9.17, 15) is 5.11 Å². The predicted molar refractivity (Wildman–Crippen MR) is 98.2 cm³/mol. The molecule has 0 radical (unpaired) electrons.